The van der Waals surface area contributed by atoms with Gasteiger partial charge >= 0.3 is 6.18 Å². The lowest BCUT2D eigenvalue weighted by molar-refractivity contribution is -0.136. The molecule has 0 spiro atoms. The average molecular weight is 438 g/mol. The average Bonchev–Trinajstić information content (AvgIpc) is 3.28. The van der Waals surface area contributed by atoms with Crippen LogP contribution in [0.2, 0.25) is 0 Å². The molecule has 160 valence electrons. The van der Waals surface area contributed by atoms with Gasteiger partial charge in [-0.3, -0.25) is 4.79 Å². The third-order valence-electron chi connectivity index (χ3n) is 5.39. The van der Waals surface area contributed by atoms with E-state index in [1.54, 1.807) is 18.7 Å². The molecular weight excluding hydrogens is 417 g/mol. The third-order valence-corrected chi connectivity index (χ3v) is 6.45. The molecule has 1 saturated heterocycles. The van der Waals surface area contributed by atoms with Crippen LogP contribution in [0.3, 0.4) is 0 Å². The summed E-state index contributed by atoms with van der Waals surface area (Å²) in [5, 5.41) is 4.68. The zero-order chi connectivity index (χ0) is 21.6. The Bertz CT molecular complexity index is 1110. The van der Waals surface area contributed by atoms with Crippen LogP contribution in [0, 0.1) is 13.8 Å². The highest BCUT2D eigenvalue weighted by molar-refractivity contribution is 7.13. The fraction of sp³-hybridized carbons (Fsp3) is 0.500. The van der Waals surface area contributed by atoms with E-state index in [4.69, 9.17) is 4.52 Å². The van der Waals surface area contributed by atoms with Crippen molar-refractivity contribution in [2.45, 2.75) is 52.1 Å². The van der Waals surface area contributed by atoms with Crippen LogP contribution in [0.15, 0.2) is 10.6 Å². The normalized spacial score (nSPS) is 17.7. The molecule has 1 aliphatic rings. The highest BCUT2D eigenvalue weighted by atomic mass is 32.1. The number of hydrogen-bond acceptors (Lipinski definition) is 6. The number of alkyl halides is 3. The molecule has 0 N–H and O–H groups in total. The fourth-order valence-corrected chi connectivity index (χ4v) is 4.85. The number of nitrogens with zero attached hydrogens (tertiary/aromatic N) is 4. The van der Waals surface area contributed by atoms with E-state index in [0.717, 1.165) is 11.1 Å². The van der Waals surface area contributed by atoms with Crippen LogP contribution in [0.1, 0.15) is 63.0 Å². The Kier molecular flexibility index (Phi) is 5.29. The second kappa shape index (κ2) is 7.64. The molecule has 3 aromatic heterocycles. The lowest BCUT2D eigenvalue weighted by Gasteiger charge is -2.32. The van der Waals surface area contributed by atoms with Crippen molar-refractivity contribution in [1.29, 1.82) is 0 Å². The second-order valence-electron chi connectivity index (χ2n) is 7.50. The molecule has 30 heavy (non-hydrogen) atoms. The number of thiazole rings is 1. The van der Waals surface area contributed by atoms with E-state index in [2.05, 4.69) is 15.1 Å². The van der Waals surface area contributed by atoms with Crippen LogP contribution in [0.25, 0.3) is 11.1 Å². The number of aryl methyl sites for hydroxylation is 3. The van der Waals surface area contributed by atoms with Gasteiger partial charge in [0.1, 0.15) is 4.88 Å². The van der Waals surface area contributed by atoms with Crippen molar-refractivity contribution < 1.29 is 22.5 Å². The maximum Gasteiger partial charge on any atom is 0.417 e. The minimum absolute atomic E-state index is 0.0937. The standard InChI is InChI=1S/C20H21F3N4O2S/c1-4-13-8-14(20(21,22)23)15-16(26-29-18(15)25-13)12-6-5-7-27(9-12)19(28)17-10(2)24-11(3)30-17/h8,12H,4-7,9H2,1-3H3/t12-/m0/s1. The Hall–Kier alpha value is -2.49. The van der Waals surface area contributed by atoms with Gasteiger partial charge in [0.05, 0.1) is 27.3 Å². The summed E-state index contributed by atoms with van der Waals surface area (Å²) in [5.74, 6) is -0.494. The summed E-state index contributed by atoms with van der Waals surface area (Å²) in [6.45, 7) is 6.19. The van der Waals surface area contributed by atoms with Gasteiger partial charge in [-0.2, -0.15) is 13.2 Å². The highest BCUT2D eigenvalue weighted by Gasteiger charge is 2.38. The first-order valence-corrected chi connectivity index (χ1v) is 10.6. The Balaban J connectivity index is 1.70. The molecule has 4 heterocycles. The predicted molar refractivity (Wildman–Crippen MR) is 106 cm³/mol. The summed E-state index contributed by atoms with van der Waals surface area (Å²) in [4.78, 5) is 23.7. The van der Waals surface area contributed by atoms with Crippen molar-refractivity contribution in [3.8, 4) is 0 Å². The van der Waals surface area contributed by atoms with Crippen LogP contribution in [0.4, 0.5) is 13.2 Å². The van der Waals surface area contributed by atoms with Gasteiger partial charge in [-0.15, -0.1) is 11.3 Å². The topological polar surface area (TPSA) is 72.1 Å². The number of carbonyl (C=O) groups is 1. The molecule has 1 amide bonds. The molecule has 0 radical (unpaired) electrons. The number of fused-ring (bicyclic) bond motifs is 1. The maximum absolute atomic E-state index is 13.8. The first-order valence-electron chi connectivity index (χ1n) is 9.78. The Morgan fingerprint density at radius 2 is 2.10 bits per heavy atom. The summed E-state index contributed by atoms with van der Waals surface area (Å²) in [7, 11) is 0. The number of piperidine rings is 1. The smallest absolute Gasteiger partial charge is 0.337 e. The molecule has 1 fully saturated rings. The van der Waals surface area contributed by atoms with E-state index in [1.165, 1.54) is 11.3 Å². The molecule has 0 saturated carbocycles. The van der Waals surface area contributed by atoms with Crippen LogP contribution >= 0.6 is 11.3 Å². The predicted octanol–water partition coefficient (Wildman–Crippen LogP) is 4.90. The van der Waals surface area contributed by atoms with E-state index in [9.17, 15) is 18.0 Å². The number of likely N-dealkylation sites (tertiary alicyclic amines) is 1. The van der Waals surface area contributed by atoms with Crippen LogP contribution in [-0.2, 0) is 12.6 Å². The van der Waals surface area contributed by atoms with E-state index < -0.39 is 11.7 Å². The van der Waals surface area contributed by atoms with Crippen LogP contribution in [-0.4, -0.2) is 39.0 Å². The van der Waals surface area contributed by atoms with Crippen LogP contribution in [0.5, 0.6) is 0 Å². The molecule has 0 bridgehead atoms. The summed E-state index contributed by atoms with van der Waals surface area (Å²) in [5.41, 5.74) is 0.315. The van der Waals surface area contributed by atoms with E-state index in [0.29, 0.717) is 42.1 Å². The largest absolute Gasteiger partial charge is 0.417 e. The Morgan fingerprint density at radius 1 is 1.33 bits per heavy atom. The lowest BCUT2D eigenvalue weighted by Crippen LogP contribution is -2.39. The molecule has 3 aromatic rings. The molecular formula is C20H21F3N4O2S. The van der Waals surface area contributed by atoms with Crippen molar-refractivity contribution in [3.63, 3.8) is 0 Å². The van der Waals surface area contributed by atoms with Gasteiger partial charge in [-0.1, -0.05) is 12.1 Å². The zero-order valence-electron chi connectivity index (χ0n) is 16.8. The number of aromatic nitrogens is 3. The van der Waals surface area contributed by atoms with Gasteiger partial charge in [0.2, 0.25) is 0 Å². The minimum atomic E-state index is -4.55. The SMILES string of the molecule is CCc1cc(C(F)(F)F)c2c([C@H]3CCCN(C(=O)c4sc(C)nc4C)C3)noc2n1. The van der Waals surface area contributed by atoms with Gasteiger partial charge in [-0.05, 0) is 39.2 Å². The first-order chi connectivity index (χ1) is 14.2. The van der Waals surface area contributed by atoms with Gasteiger partial charge in [0, 0.05) is 24.7 Å². The molecule has 0 unspecified atom stereocenters. The molecule has 4 rings (SSSR count). The summed E-state index contributed by atoms with van der Waals surface area (Å²) in [6.07, 6.45) is -2.90. The first kappa shape index (κ1) is 20.8. The maximum atomic E-state index is 13.8. The Labute approximate surface area is 175 Å². The molecule has 1 atom stereocenters. The van der Waals surface area contributed by atoms with Crippen molar-refractivity contribution in [2.75, 3.05) is 13.1 Å². The summed E-state index contributed by atoms with van der Waals surface area (Å²) < 4.78 is 46.5. The second-order valence-corrected chi connectivity index (χ2v) is 8.70. The fourth-order valence-electron chi connectivity index (χ4n) is 3.97. The third kappa shape index (κ3) is 3.68. The molecule has 0 aromatic carbocycles. The molecule has 1 aliphatic heterocycles. The number of amides is 1. The molecule has 0 aliphatic carbocycles. The number of rotatable bonds is 3. The monoisotopic (exact) mass is 438 g/mol. The van der Waals surface area contributed by atoms with Crippen LogP contribution < -0.4 is 0 Å². The van der Waals surface area contributed by atoms with Crippen molar-refractivity contribution in [1.82, 2.24) is 20.0 Å². The van der Waals surface area contributed by atoms with Gasteiger partial charge < -0.3 is 9.42 Å². The zero-order valence-corrected chi connectivity index (χ0v) is 17.7. The van der Waals surface area contributed by atoms with E-state index in [1.807, 2.05) is 6.92 Å². The number of halogens is 3. The minimum Gasteiger partial charge on any atom is -0.337 e. The van der Waals surface area contributed by atoms with E-state index in [-0.39, 0.29) is 35.2 Å². The summed E-state index contributed by atoms with van der Waals surface area (Å²) in [6, 6.07) is 1.07. The lowest BCUT2D eigenvalue weighted by atomic mass is 9.91. The highest BCUT2D eigenvalue weighted by Crippen LogP contribution is 2.40. The van der Waals surface area contributed by atoms with Gasteiger partial charge in [0.15, 0.2) is 0 Å². The van der Waals surface area contributed by atoms with Crippen molar-refractivity contribution in [2.24, 2.45) is 0 Å². The quantitative estimate of drug-likeness (QED) is 0.582. The number of hydrogen-bond donors (Lipinski definition) is 0. The number of pyridine rings is 1. The van der Waals surface area contributed by atoms with Crippen molar-refractivity contribution in [3.05, 3.63) is 38.6 Å². The van der Waals surface area contributed by atoms with Gasteiger partial charge in [0.25, 0.3) is 11.6 Å². The molecule has 10 heteroatoms. The van der Waals surface area contributed by atoms with E-state index >= 15 is 0 Å². The molecule has 6 nitrogen and oxygen atoms in total. The van der Waals surface area contributed by atoms with Crippen molar-refractivity contribution >= 4 is 28.3 Å². The number of carbonyl (C=O) groups excluding carboxylic acids is 1. The summed E-state index contributed by atoms with van der Waals surface area (Å²) >= 11 is 1.33. The van der Waals surface area contributed by atoms with Gasteiger partial charge in [-0.25, -0.2) is 9.97 Å². The Morgan fingerprint density at radius 3 is 2.73 bits per heavy atom.